The van der Waals surface area contributed by atoms with Crippen LogP contribution < -0.4 is 5.32 Å². The highest BCUT2D eigenvalue weighted by atomic mass is 32.2. The van der Waals surface area contributed by atoms with Crippen LogP contribution in [0.15, 0.2) is 66.4 Å². The molecular formula is C28H29N3O10S. The summed E-state index contributed by atoms with van der Waals surface area (Å²) in [5.41, 5.74) is 1.56. The second kappa shape index (κ2) is 14.5. The van der Waals surface area contributed by atoms with Crippen molar-refractivity contribution in [3.63, 3.8) is 0 Å². The minimum Gasteiger partial charge on any atom is -0.461 e. The highest BCUT2D eigenvalue weighted by molar-refractivity contribution is 8.01. The first-order valence-electron chi connectivity index (χ1n) is 13.1. The number of amides is 2. The standard InChI is InChI=1S/C28H29N3O10S/c32-13-5-4-8-22(33)39-17-20-14-30-25(34)23(29-28(36)41-16-19-9-11-21(12-10-19)31(37)38)26(30)42-24(20)27(35)40-15-18-6-2-1-3-7-18/h1-3,6-7,9-12,14,23-24,26,32H,4-5,8,13,15-17H2,(H,29,36)/t23?,24?,26-/m1/s1. The van der Waals surface area contributed by atoms with Crippen LogP contribution in [0.25, 0.3) is 0 Å². The zero-order chi connectivity index (χ0) is 30.1. The molecule has 42 heavy (non-hydrogen) atoms. The topological polar surface area (TPSA) is 175 Å². The zero-order valence-electron chi connectivity index (χ0n) is 22.4. The number of carbonyl (C=O) groups is 4. The van der Waals surface area contributed by atoms with Gasteiger partial charge in [-0.15, -0.1) is 11.8 Å². The van der Waals surface area contributed by atoms with Gasteiger partial charge in [-0.1, -0.05) is 30.3 Å². The molecule has 0 bridgehead atoms. The van der Waals surface area contributed by atoms with Crippen molar-refractivity contribution >= 4 is 41.4 Å². The van der Waals surface area contributed by atoms with Crippen molar-refractivity contribution in [1.82, 2.24) is 10.2 Å². The van der Waals surface area contributed by atoms with E-state index in [4.69, 9.17) is 19.3 Å². The lowest BCUT2D eigenvalue weighted by Gasteiger charge is -2.48. The second-order valence-corrected chi connectivity index (χ2v) is 10.6. The maximum Gasteiger partial charge on any atom is 0.408 e. The molecule has 3 atom stereocenters. The molecule has 222 valence electrons. The average Bonchev–Trinajstić information content (AvgIpc) is 3.00. The SMILES string of the molecule is O=C(CCCCO)OCC1=CN2C(=O)C(NC(=O)OCc3ccc([N+](=O)[O-])cc3)[C@H]2SC1C(=O)OCc1ccccc1. The summed E-state index contributed by atoms with van der Waals surface area (Å²) in [5, 5.41) is 20.7. The monoisotopic (exact) mass is 599 g/mol. The number of nitrogens with one attached hydrogen (secondary N) is 1. The number of ether oxygens (including phenoxy) is 3. The predicted octanol–water partition coefficient (Wildman–Crippen LogP) is 2.81. The molecular weight excluding hydrogens is 570 g/mol. The Labute approximate surface area is 244 Å². The number of nitrogens with zero attached hydrogens (tertiary/aromatic N) is 2. The molecule has 1 saturated heterocycles. The van der Waals surface area contributed by atoms with Crippen molar-refractivity contribution in [2.45, 2.75) is 49.1 Å². The number of rotatable bonds is 13. The van der Waals surface area contributed by atoms with Gasteiger partial charge < -0.3 is 29.5 Å². The van der Waals surface area contributed by atoms with Gasteiger partial charge in [-0.05, 0) is 36.1 Å². The quantitative estimate of drug-likeness (QED) is 0.0865. The molecule has 0 aromatic heterocycles. The summed E-state index contributed by atoms with van der Waals surface area (Å²) in [7, 11) is 0. The van der Waals surface area contributed by atoms with E-state index in [-0.39, 0.29) is 38.5 Å². The Hall–Kier alpha value is -4.43. The predicted molar refractivity (Wildman–Crippen MR) is 148 cm³/mol. The third-order valence-corrected chi connectivity index (χ3v) is 7.96. The van der Waals surface area contributed by atoms with Crippen LogP contribution in [0.1, 0.15) is 30.4 Å². The first-order chi connectivity index (χ1) is 20.3. The van der Waals surface area contributed by atoms with Crippen LogP contribution in [0.5, 0.6) is 0 Å². The maximum absolute atomic E-state index is 13.1. The number of fused-ring (bicyclic) bond motifs is 1. The van der Waals surface area contributed by atoms with Gasteiger partial charge in [0.25, 0.3) is 11.6 Å². The molecule has 0 aliphatic carbocycles. The number of hydrogen-bond acceptors (Lipinski definition) is 11. The van der Waals surface area contributed by atoms with Crippen molar-refractivity contribution in [1.29, 1.82) is 0 Å². The number of β-lactam (4-membered cyclic amide) rings is 1. The minimum absolute atomic E-state index is 0.0227. The lowest BCUT2D eigenvalue weighted by atomic mass is 10.1. The Bertz CT molecular complexity index is 1340. The van der Waals surface area contributed by atoms with Gasteiger partial charge in [0.15, 0.2) is 0 Å². The third kappa shape index (κ3) is 7.85. The molecule has 13 nitrogen and oxygen atoms in total. The fraction of sp³-hybridized carbons (Fsp3) is 0.357. The molecule has 0 spiro atoms. The molecule has 14 heteroatoms. The lowest BCUT2D eigenvalue weighted by Crippen LogP contribution is -2.69. The zero-order valence-corrected chi connectivity index (χ0v) is 23.2. The number of thioether (sulfide) groups is 1. The summed E-state index contributed by atoms with van der Waals surface area (Å²) in [4.78, 5) is 62.2. The third-order valence-electron chi connectivity index (χ3n) is 6.41. The summed E-state index contributed by atoms with van der Waals surface area (Å²) >= 11 is 1.08. The first-order valence-corrected chi connectivity index (χ1v) is 14.0. The van der Waals surface area contributed by atoms with E-state index in [1.54, 1.807) is 12.1 Å². The van der Waals surface area contributed by atoms with Crippen LogP contribution in [0.3, 0.4) is 0 Å². The maximum atomic E-state index is 13.1. The number of aliphatic hydroxyl groups is 1. The van der Waals surface area contributed by atoms with Crippen LogP contribution in [-0.2, 0) is 41.8 Å². The van der Waals surface area contributed by atoms with Gasteiger partial charge in [-0.2, -0.15) is 0 Å². The van der Waals surface area contributed by atoms with E-state index in [2.05, 4.69) is 5.32 Å². The average molecular weight is 600 g/mol. The molecule has 1 fully saturated rings. The molecule has 0 saturated carbocycles. The van der Waals surface area contributed by atoms with Gasteiger partial charge in [0.2, 0.25) is 0 Å². The van der Waals surface area contributed by atoms with Crippen molar-refractivity contribution in [3.05, 3.63) is 87.6 Å². The van der Waals surface area contributed by atoms with E-state index in [0.29, 0.717) is 24.0 Å². The number of nitro groups is 1. The highest BCUT2D eigenvalue weighted by Crippen LogP contribution is 2.41. The van der Waals surface area contributed by atoms with Crippen LogP contribution in [0.2, 0.25) is 0 Å². The van der Waals surface area contributed by atoms with Crippen molar-refractivity contribution in [2.24, 2.45) is 0 Å². The summed E-state index contributed by atoms with van der Waals surface area (Å²) in [6.07, 6.45) is 1.58. The first kappa shape index (κ1) is 30.5. The minimum atomic E-state index is -0.984. The molecule has 2 unspecified atom stereocenters. The molecule has 2 amide bonds. The molecule has 2 aromatic rings. The summed E-state index contributed by atoms with van der Waals surface area (Å²) in [5.74, 6) is -1.54. The van der Waals surface area contributed by atoms with Gasteiger partial charge in [0.1, 0.15) is 36.5 Å². The van der Waals surface area contributed by atoms with E-state index < -0.39 is 45.5 Å². The number of nitro benzene ring substituents is 1. The Balaban J connectivity index is 1.38. The lowest BCUT2D eigenvalue weighted by molar-refractivity contribution is -0.384. The molecule has 4 rings (SSSR count). The van der Waals surface area contributed by atoms with Crippen LogP contribution >= 0.6 is 11.8 Å². The Morgan fingerprint density at radius 2 is 1.64 bits per heavy atom. The van der Waals surface area contributed by atoms with Crippen molar-refractivity contribution in [2.75, 3.05) is 13.2 Å². The highest BCUT2D eigenvalue weighted by Gasteiger charge is 2.53. The number of non-ortho nitro benzene ring substituents is 1. The number of carbonyl (C=O) groups excluding carboxylic acids is 4. The number of aliphatic hydroxyl groups excluding tert-OH is 1. The number of unbranched alkanes of at least 4 members (excludes halogenated alkanes) is 1. The van der Waals surface area contributed by atoms with E-state index in [0.717, 1.165) is 17.3 Å². The number of esters is 2. The van der Waals surface area contributed by atoms with E-state index in [1.807, 2.05) is 18.2 Å². The van der Waals surface area contributed by atoms with Crippen LogP contribution in [0, 0.1) is 10.1 Å². The fourth-order valence-electron chi connectivity index (χ4n) is 4.15. The second-order valence-electron chi connectivity index (χ2n) is 9.41. The van der Waals surface area contributed by atoms with E-state index in [9.17, 15) is 29.3 Å². The van der Waals surface area contributed by atoms with Gasteiger partial charge in [-0.3, -0.25) is 24.5 Å². The van der Waals surface area contributed by atoms with Crippen LogP contribution in [-0.4, -0.2) is 68.7 Å². The Morgan fingerprint density at radius 1 is 0.952 bits per heavy atom. The summed E-state index contributed by atoms with van der Waals surface area (Å²) < 4.78 is 16.0. The van der Waals surface area contributed by atoms with Crippen LogP contribution in [0.4, 0.5) is 10.5 Å². The molecule has 2 aromatic carbocycles. The normalized spacial score (nSPS) is 19.1. The van der Waals surface area contributed by atoms with E-state index in [1.165, 1.54) is 35.4 Å². The fourth-order valence-corrected chi connectivity index (χ4v) is 5.55. The Morgan fingerprint density at radius 3 is 2.33 bits per heavy atom. The molecule has 2 heterocycles. The van der Waals surface area contributed by atoms with Gasteiger partial charge in [0, 0.05) is 36.9 Å². The van der Waals surface area contributed by atoms with Crippen molar-refractivity contribution < 1.29 is 43.4 Å². The molecule has 2 aliphatic heterocycles. The van der Waals surface area contributed by atoms with Crippen molar-refractivity contribution in [3.8, 4) is 0 Å². The number of hydrogen-bond donors (Lipinski definition) is 2. The Kier molecular flexibility index (Phi) is 10.5. The smallest absolute Gasteiger partial charge is 0.408 e. The molecule has 2 N–H and O–H groups in total. The molecule has 2 aliphatic rings. The number of benzene rings is 2. The van der Waals surface area contributed by atoms with Gasteiger partial charge >= 0.3 is 18.0 Å². The summed E-state index contributed by atoms with van der Waals surface area (Å²) in [6.45, 7) is -0.423. The van der Waals surface area contributed by atoms with Gasteiger partial charge in [-0.25, -0.2) is 4.79 Å². The number of alkyl carbamates (subject to hydrolysis) is 1. The molecule has 0 radical (unpaired) electrons. The summed E-state index contributed by atoms with van der Waals surface area (Å²) in [6, 6.07) is 13.6. The van der Waals surface area contributed by atoms with E-state index >= 15 is 0 Å². The largest absolute Gasteiger partial charge is 0.461 e. The van der Waals surface area contributed by atoms with Gasteiger partial charge in [0.05, 0.1) is 4.92 Å².